The molecule has 0 fully saturated rings. The highest BCUT2D eigenvalue weighted by molar-refractivity contribution is 9.10. The van der Waals surface area contributed by atoms with Crippen LogP contribution >= 0.6 is 15.9 Å². The zero-order chi connectivity index (χ0) is 15.2. The molecule has 0 unspecified atom stereocenters. The smallest absolute Gasteiger partial charge is 0.224 e. The van der Waals surface area contributed by atoms with Gasteiger partial charge in [-0.2, -0.15) is 0 Å². The van der Waals surface area contributed by atoms with E-state index in [1.165, 1.54) is 0 Å². The van der Waals surface area contributed by atoms with Gasteiger partial charge in [0.15, 0.2) is 0 Å². The number of hydrogen-bond acceptors (Lipinski definition) is 4. The molecule has 2 rings (SSSR count). The molecule has 0 aliphatic carbocycles. The third-order valence-electron chi connectivity index (χ3n) is 3.31. The van der Waals surface area contributed by atoms with E-state index in [9.17, 15) is 4.79 Å². The summed E-state index contributed by atoms with van der Waals surface area (Å²) in [6.45, 7) is 6.08. The van der Waals surface area contributed by atoms with Gasteiger partial charge in [0.25, 0.3) is 0 Å². The highest BCUT2D eigenvalue weighted by Crippen LogP contribution is 2.21. The van der Waals surface area contributed by atoms with Crippen LogP contribution in [-0.2, 0) is 4.79 Å². The summed E-state index contributed by atoms with van der Waals surface area (Å²) in [6, 6.07) is 3.81. The summed E-state index contributed by atoms with van der Waals surface area (Å²) in [5.74, 6) is 0.168. The molecule has 0 aromatic carbocycles. The molecule has 0 radical (unpaired) electrons. The second-order valence-corrected chi connectivity index (χ2v) is 5.54. The maximum atomic E-state index is 12.0. The molecule has 5 nitrogen and oxygen atoms in total. The van der Waals surface area contributed by atoms with E-state index in [2.05, 4.69) is 31.2 Å². The molecule has 112 valence electrons. The van der Waals surface area contributed by atoms with Gasteiger partial charge in [0.2, 0.25) is 5.91 Å². The number of anilines is 1. The molecule has 6 heteroatoms. The first kappa shape index (κ1) is 15.7. The Kier molecular flexibility index (Phi) is 5.50. The monoisotopic (exact) mass is 350 g/mol. The molecule has 0 aliphatic heterocycles. The van der Waals surface area contributed by atoms with Crippen LogP contribution in [0, 0.1) is 0 Å². The summed E-state index contributed by atoms with van der Waals surface area (Å²) < 4.78 is 0.899. The summed E-state index contributed by atoms with van der Waals surface area (Å²) in [4.78, 5) is 22.5. The van der Waals surface area contributed by atoms with Crippen molar-refractivity contribution in [1.29, 1.82) is 0 Å². The van der Waals surface area contributed by atoms with Gasteiger partial charge in [-0.05, 0) is 41.9 Å². The van der Waals surface area contributed by atoms with Crippen molar-refractivity contribution >= 4 is 38.6 Å². The predicted octanol–water partition coefficient (Wildman–Crippen LogP) is 3.06. The lowest BCUT2D eigenvalue weighted by molar-refractivity contribution is -0.130. The Morgan fingerprint density at radius 1 is 1.33 bits per heavy atom. The molecular formula is C15H19BrN4O. The van der Waals surface area contributed by atoms with Crippen LogP contribution < -0.4 is 5.32 Å². The van der Waals surface area contributed by atoms with E-state index in [1.807, 2.05) is 30.9 Å². The van der Waals surface area contributed by atoms with E-state index in [-0.39, 0.29) is 5.91 Å². The number of nitrogens with one attached hydrogen (secondary N) is 1. The van der Waals surface area contributed by atoms with Crippen molar-refractivity contribution in [2.45, 2.75) is 20.3 Å². The van der Waals surface area contributed by atoms with Crippen LogP contribution in [0.4, 0.5) is 5.69 Å². The fourth-order valence-corrected chi connectivity index (χ4v) is 2.51. The number of fused-ring (bicyclic) bond motifs is 1. The average Bonchev–Trinajstić information content (AvgIpc) is 2.48. The van der Waals surface area contributed by atoms with Crippen LogP contribution in [0.2, 0.25) is 0 Å². The molecule has 0 aliphatic rings. The summed E-state index contributed by atoms with van der Waals surface area (Å²) in [5.41, 5.74) is 2.54. The second-order valence-electron chi connectivity index (χ2n) is 4.62. The van der Waals surface area contributed by atoms with Crippen LogP contribution in [0.5, 0.6) is 0 Å². The van der Waals surface area contributed by atoms with E-state index >= 15 is 0 Å². The molecule has 2 aromatic rings. The molecule has 0 atom stereocenters. The summed E-state index contributed by atoms with van der Waals surface area (Å²) >= 11 is 3.39. The molecule has 2 heterocycles. The number of pyridine rings is 2. The number of carbonyl (C=O) groups excluding carboxylic acids is 1. The van der Waals surface area contributed by atoms with Gasteiger partial charge >= 0.3 is 0 Å². The molecule has 0 spiro atoms. The highest BCUT2D eigenvalue weighted by atomic mass is 79.9. The minimum atomic E-state index is 0.168. The Morgan fingerprint density at radius 3 is 2.81 bits per heavy atom. The van der Waals surface area contributed by atoms with Gasteiger partial charge in [-0.25, -0.2) is 0 Å². The van der Waals surface area contributed by atoms with Gasteiger partial charge in [0.05, 0.1) is 11.2 Å². The maximum absolute atomic E-state index is 12.0. The maximum Gasteiger partial charge on any atom is 0.224 e. The topological polar surface area (TPSA) is 58.1 Å². The summed E-state index contributed by atoms with van der Waals surface area (Å²) in [5, 5.41) is 3.28. The molecule has 1 N–H and O–H groups in total. The van der Waals surface area contributed by atoms with Crippen LogP contribution in [0.15, 0.2) is 29.0 Å². The highest BCUT2D eigenvalue weighted by Gasteiger charge is 2.09. The normalized spacial score (nSPS) is 10.6. The number of rotatable bonds is 6. The number of nitrogens with zero attached hydrogens (tertiary/aromatic N) is 3. The molecule has 0 saturated heterocycles. The van der Waals surface area contributed by atoms with Crippen molar-refractivity contribution in [2.24, 2.45) is 0 Å². The molecule has 0 saturated carbocycles. The fraction of sp³-hybridized carbons (Fsp3) is 0.400. The first-order valence-corrected chi connectivity index (χ1v) is 7.87. The lowest BCUT2D eigenvalue weighted by Gasteiger charge is -2.18. The number of carbonyl (C=O) groups is 1. The van der Waals surface area contributed by atoms with Crippen LogP contribution in [0.25, 0.3) is 11.0 Å². The Bertz CT molecular complexity index is 628. The minimum Gasteiger partial charge on any atom is -0.383 e. The van der Waals surface area contributed by atoms with Crippen molar-refractivity contribution < 1.29 is 4.79 Å². The van der Waals surface area contributed by atoms with Crippen molar-refractivity contribution in [2.75, 3.05) is 25.0 Å². The Morgan fingerprint density at radius 2 is 2.10 bits per heavy atom. The predicted molar refractivity (Wildman–Crippen MR) is 88.3 cm³/mol. The lowest BCUT2D eigenvalue weighted by atomic mass is 10.2. The summed E-state index contributed by atoms with van der Waals surface area (Å²) in [7, 11) is 0. The van der Waals surface area contributed by atoms with Crippen LogP contribution in [0.1, 0.15) is 20.3 Å². The lowest BCUT2D eigenvalue weighted by Crippen LogP contribution is -2.31. The van der Waals surface area contributed by atoms with Gasteiger partial charge in [-0.1, -0.05) is 0 Å². The van der Waals surface area contributed by atoms with Crippen molar-refractivity contribution in [3.8, 4) is 0 Å². The first-order chi connectivity index (χ1) is 10.2. The fourth-order valence-electron chi connectivity index (χ4n) is 2.19. The number of aromatic nitrogens is 2. The van der Waals surface area contributed by atoms with Crippen molar-refractivity contribution in [1.82, 2.24) is 14.9 Å². The minimum absolute atomic E-state index is 0.168. The van der Waals surface area contributed by atoms with Gasteiger partial charge in [0.1, 0.15) is 5.52 Å². The van der Waals surface area contributed by atoms with Crippen LogP contribution in [-0.4, -0.2) is 40.4 Å². The van der Waals surface area contributed by atoms with E-state index in [4.69, 9.17) is 0 Å². The molecule has 2 aromatic heterocycles. The van der Waals surface area contributed by atoms with E-state index in [1.54, 1.807) is 12.4 Å². The first-order valence-electron chi connectivity index (χ1n) is 7.07. The summed E-state index contributed by atoms with van der Waals surface area (Å²) in [6.07, 6.45) is 3.96. The molecule has 0 bridgehead atoms. The second kappa shape index (κ2) is 7.36. The van der Waals surface area contributed by atoms with Crippen molar-refractivity contribution in [3.63, 3.8) is 0 Å². The van der Waals surface area contributed by atoms with Crippen molar-refractivity contribution in [3.05, 3.63) is 29.0 Å². The number of halogens is 1. The molecule has 1 amide bonds. The third-order valence-corrected chi connectivity index (χ3v) is 3.75. The van der Waals surface area contributed by atoms with Gasteiger partial charge in [-0.15, -0.1) is 0 Å². The van der Waals surface area contributed by atoms with E-state index in [0.717, 1.165) is 34.3 Å². The quantitative estimate of drug-likeness (QED) is 0.869. The van der Waals surface area contributed by atoms with E-state index in [0.29, 0.717) is 13.0 Å². The zero-order valence-electron chi connectivity index (χ0n) is 12.3. The van der Waals surface area contributed by atoms with Gasteiger partial charge in [0, 0.05) is 42.9 Å². The standard InChI is InChI=1S/C15H19BrN4O/c1-3-20(4-2)14(21)6-8-17-12-5-7-18-13-9-11(16)10-19-15(12)13/h5,7,9-10H,3-4,6,8H2,1-2H3,(H,17,18). The Hall–Kier alpha value is -1.69. The SMILES string of the molecule is CCN(CC)C(=O)CCNc1ccnc2cc(Br)cnc12. The molecular weight excluding hydrogens is 332 g/mol. The van der Waals surface area contributed by atoms with Crippen LogP contribution in [0.3, 0.4) is 0 Å². The largest absolute Gasteiger partial charge is 0.383 e. The van der Waals surface area contributed by atoms with Gasteiger partial charge in [-0.3, -0.25) is 14.8 Å². The number of hydrogen-bond donors (Lipinski definition) is 1. The number of amides is 1. The van der Waals surface area contributed by atoms with E-state index < -0.39 is 0 Å². The molecule has 21 heavy (non-hydrogen) atoms. The zero-order valence-corrected chi connectivity index (χ0v) is 13.9. The Labute approximate surface area is 132 Å². The average molecular weight is 351 g/mol. The Balaban J connectivity index is 2.02. The van der Waals surface area contributed by atoms with Gasteiger partial charge < -0.3 is 10.2 Å². The third kappa shape index (κ3) is 3.91.